The molecule has 0 aromatic heterocycles. The zero-order chi connectivity index (χ0) is 32.5. The van der Waals surface area contributed by atoms with Crippen LogP contribution in [0.4, 0.5) is 4.79 Å². The molecule has 0 fully saturated rings. The van der Waals surface area contributed by atoms with Gasteiger partial charge in [-0.15, -0.1) is 6.42 Å². The van der Waals surface area contributed by atoms with Crippen LogP contribution in [-0.2, 0) is 30.3 Å². The summed E-state index contributed by atoms with van der Waals surface area (Å²) in [5, 5.41) is 5.47. The van der Waals surface area contributed by atoms with Gasteiger partial charge in [-0.05, 0) is 64.7 Å². The van der Waals surface area contributed by atoms with E-state index in [1.165, 1.54) is 11.9 Å². The molecule has 232 valence electrons. The molecule has 9 heteroatoms. The first-order valence-corrected chi connectivity index (χ1v) is 14.3. The zero-order valence-electron chi connectivity index (χ0n) is 26.7. The SMILES string of the molecule is C#Cc1ccccc1C(C(=O)NC(Cc1ccccc1)C(=O)OC(C)(C)C)N(C)C(=O)C(NC(=O)OC(C)(C)C)C(C)C. The molecule has 9 nitrogen and oxygen atoms in total. The maximum absolute atomic E-state index is 14.1. The van der Waals surface area contributed by atoms with Crippen LogP contribution in [0.3, 0.4) is 0 Å². The second-order valence-electron chi connectivity index (χ2n) is 12.7. The normalized spacial score (nSPS) is 13.6. The second-order valence-corrected chi connectivity index (χ2v) is 12.7. The van der Waals surface area contributed by atoms with Gasteiger partial charge in [-0.1, -0.05) is 68.3 Å². The molecule has 0 spiro atoms. The lowest BCUT2D eigenvalue weighted by molar-refractivity contribution is -0.159. The molecule has 0 saturated carbocycles. The molecule has 0 saturated heterocycles. The standard InChI is InChI=1S/C34H45N3O6/c1-11-24-19-15-16-20-25(24)28(37(10)30(39)27(22(2)3)36-32(41)43-34(7,8)9)29(38)35-26(31(40)42-33(4,5)6)21-23-17-13-12-14-18-23/h1,12-20,22,26-28H,21H2,2-10H3,(H,35,38)(H,36,41). The van der Waals surface area contributed by atoms with Gasteiger partial charge >= 0.3 is 12.1 Å². The Labute approximate surface area is 255 Å². The van der Waals surface area contributed by atoms with Crippen molar-refractivity contribution in [1.29, 1.82) is 0 Å². The summed E-state index contributed by atoms with van der Waals surface area (Å²) in [6.45, 7) is 13.9. The molecule has 3 amide bonds. The summed E-state index contributed by atoms with van der Waals surface area (Å²) >= 11 is 0. The van der Waals surface area contributed by atoms with Gasteiger partial charge in [-0.2, -0.15) is 0 Å². The Kier molecular flexibility index (Phi) is 11.9. The van der Waals surface area contributed by atoms with Crippen molar-refractivity contribution in [1.82, 2.24) is 15.5 Å². The van der Waals surface area contributed by atoms with Crippen molar-refractivity contribution in [3.8, 4) is 12.3 Å². The summed E-state index contributed by atoms with van der Waals surface area (Å²) in [5.41, 5.74) is 0.0345. The predicted molar refractivity (Wildman–Crippen MR) is 166 cm³/mol. The molecule has 2 rings (SSSR count). The number of nitrogens with one attached hydrogen (secondary N) is 2. The van der Waals surface area contributed by atoms with Gasteiger partial charge in [0, 0.05) is 19.0 Å². The van der Waals surface area contributed by atoms with Crippen molar-refractivity contribution in [2.75, 3.05) is 7.05 Å². The predicted octanol–water partition coefficient (Wildman–Crippen LogP) is 4.79. The largest absolute Gasteiger partial charge is 0.458 e. The first-order chi connectivity index (χ1) is 19.9. The third-order valence-corrected chi connectivity index (χ3v) is 6.29. The van der Waals surface area contributed by atoms with Crippen LogP contribution in [0.25, 0.3) is 0 Å². The van der Waals surface area contributed by atoms with E-state index < -0.39 is 53.2 Å². The number of carbonyl (C=O) groups is 4. The van der Waals surface area contributed by atoms with Crippen LogP contribution in [0, 0.1) is 18.3 Å². The van der Waals surface area contributed by atoms with Crippen LogP contribution in [-0.4, -0.2) is 59.1 Å². The number of esters is 1. The van der Waals surface area contributed by atoms with Crippen LogP contribution < -0.4 is 10.6 Å². The monoisotopic (exact) mass is 591 g/mol. The van der Waals surface area contributed by atoms with Crippen LogP contribution in [0.2, 0.25) is 0 Å². The molecule has 0 aliphatic rings. The minimum atomic E-state index is -1.23. The quantitative estimate of drug-likeness (QED) is 0.304. The molecule has 2 aromatic rings. The number of carbonyl (C=O) groups excluding carboxylic acids is 4. The van der Waals surface area contributed by atoms with E-state index in [0.29, 0.717) is 11.1 Å². The van der Waals surface area contributed by atoms with Gasteiger partial charge in [-0.3, -0.25) is 9.59 Å². The first kappa shape index (κ1) is 34.9. The fourth-order valence-electron chi connectivity index (χ4n) is 4.35. The van der Waals surface area contributed by atoms with Crippen molar-refractivity contribution in [2.24, 2.45) is 5.92 Å². The highest BCUT2D eigenvalue weighted by atomic mass is 16.6. The fraction of sp³-hybridized carbons (Fsp3) is 0.471. The van der Waals surface area contributed by atoms with E-state index in [0.717, 1.165) is 5.56 Å². The van der Waals surface area contributed by atoms with Crippen molar-refractivity contribution in [2.45, 2.75) is 91.1 Å². The molecule has 0 aliphatic heterocycles. The number of hydrogen-bond donors (Lipinski definition) is 2. The summed E-state index contributed by atoms with van der Waals surface area (Å²) in [6.07, 6.45) is 5.19. The van der Waals surface area contributed by atoms with Gasteiger partial charge in [0.2, 0.25) is 11.8 Å². The maximum Gasteiger partial charge on any atom is 0.408 e. The third-order valence-electron chi connectivity index (χ3n) is 6.29. The molecule has 2 aromatic carbocycles. The fourth-order valence-corrected chi connectivity index (χ4v) is 4.35. The Morgan fingerprint density at radius 1 is 0.860 bits per heavy atom. The van der Waals surface area contributed by atoms with Crippen LogP contribution >= 0.6 is 0 Å². The molecule has 0 radical (unpaired) electrons. The van der Waals surface area contributed by atoms with E-state index in [4.69, 9.17) is 15.9 Å². The molecule has 3 unspecified atom stereocenters. The van der Waals surface area contributed by atoms with Crippen molar-refractivity contribution < 1.29 is 28.7 Å². The van der Waals surface area contributed by atoms with Gasteiger partial charge in [0.1, 0.15) is 29.3 Å². The number of likely N-dealkylation sites (N-methyl/N-ethyl adjacent to an activating group) is 1. The third kappa shape index (κ3) is 10.8. The van der Waals surface area contributed by atoms with Crippen molar-refractivity contribution in [3.05, 3.63) is 71.3 Å². The Bertz CT molecular complexity index is 1320. The maximum atomic E-state index is 14.1. The number of hydrogen-bond acceptors (Lipinski definition) is 6. The number of ether oxygens (including phenoxy) is 2. The molecular formula is C34H45N3O6. The molecule has 43 heavy (non-hydrogen) atoms. The Morgan fingerprint density at radius 2 is 1.42 bits per heavy atom. The Morgan fingerprint density at radius 3 is 1.95 bits per heavy atom. The van der Waals surface area contributed by atoms with E-state index in [1.807, 2.05) is 30.3 Å². The summed E-state index contributed by atoms with van der Waals surface area (Å²) in [6, 6.07) is 12.7. The van der Waals surface area contributed by atoms with E-state index in [2.05, 4.69) is 16.6 Å². The molecule has 2 N–H and O–H groups in total. The second kappa shape index (κ2) is 14.7. The number of benzene rings is 2. The molecule has 3 atom stereocenters. The highest BCUT2D eigenvalue weighted by Crippen LogP contribution is 2.26. The van der Waals surface area contributed by atoms with Gasteiger partial charge in [-0.25, -0.2) is 9.59 Å². The average molecular weight is 592 g/mol. The van der Waals surface area contributed by atoms with Crippen LogP contribution in [0.5, 0.6) is 0 Å². The van der Waals surface area contributed by atoms with Crippen molar-refractivity contribution in [3.63, 3.8) is 0 Å². The summed E-state index contributed by atoms with van der Waals surface area (Å²) < 4.78 is 11.0. The van der Waals surface area contributed by atoms with Gasteiger partial charge < -0.3 is 25.0 Å². The minimum absolute atomic E-state index is 0.164. The minimum Gasteiger partial charge on any atom is -0.458 e. The number of alkyl carbamates (subject to hydrolysis) is 1. The van der Waals surface area contributed by atoms with Crippen LogP contribution in [0.1, 0.15) is 78.1 Å². The van der Waals surface area contributed by atoms with E-state index in [-0.39, 0.29) is 12.3 Å². The summed E-state index contributed by atoms with van der Waals surface area (Å²) in [4.78, 5) is 55.2. The highest BCUT2D eigenvalue weighted by Gasteiger charge is 2.38. The lowest BCUT2D eigenvalue weighted by Crippen LogP contribution is -2.55. The average Bonchev–Trinajstić information content (AvgIpc) is 2.89. The Hall–Kier alpha value is -4.32. The summed E-state index contributed by atoms with van der Waals surface area (Å²) in [5.74, 6) is 0.449. The molecule has 0 heterocycles. The van der Waals surface area contributed by atoms with Gasteiger partial charge in [0.25, 0.3) is 0 Å². The van der Waals surface area contributed by atoms with E-state index in [1.54, 1.807) is 79.7 Å². The smallest absolute Gasteiger partial charge is 0.408 e. The number of terminal acetylenes is 1. The van der Waals surface area contributed by atoms with E-state index >= 15 is 0 Å². The first-order valence-electron chi connectivity index (χ1n) is 14.3. The number of amides is 3. The van der Waals surface area contributed by atoms with Crippen molar-refractivity contribution >= 4 is 23.9 Å². The summed E-state index contributed by atoms with van der Waals surface area (Å²) in [7, 11) is 1.46. The number of rotatable bonds is 10. The molecule has 0 aliphatic carbocycles. The lowest BCUT2D eigenvalue weighted by Gasteiger charge is -2.34. The zero-order valence-corrected chi connectivity index (χ0v) is 26.7. The molecular weight excluding hydrogens is 546 g/mol. The lowest BCUT2D eigenvalue weighted by atomic mass is 9.96. The Balaban J connectivity index is 2.52. The van der Waals surface area contributed by atoms with Gasteiger partial charge in [0.15, 0.2) is 0 Å². The molecule has 0 bridgehead atoms. The highest BCUT2D eigenvalue weighted by molar-refractivity contribution is 5.94. The van der Waals surface area contributed by atoms with E-state index in [9.17, 15) is 19.2 Å². The van der Waals surface area contributed by atoms with Crippen LogP contribution in [0.15, 0.2) is 54.6 Å². The van der Waals surface area contributed by atoms with Gasteiger partial charge in [0.05, 0.1) is 0 Å². The number of nitrogens with zero attached hydrogens (tertiary/aromatic N) is 1. The topological polar surface area (TPSA) is 114 Å².